The Labute approximate surface area is 161 Å². The molecule has 0 atom stereocenters. The molecule has 1 aromatic heterocycles. The third-order valence-corrected chi connectivity index (χ3v) is 6.68. The van der Waals surface area contributed by atoms with Crippen LogP contribution in [0.1, 0.15) is 22.4 Å². The third-order valence-electron chi connectivity index (χ3n) is 4.55. The minimum Gasteiger partial charge on any atom is -0.282 e. The maximum absolute atomic E-state index is 13.1. The van der Waals surface area contributed by atoms with Gasteiger partial charge in [-0.05, 0) is 23.6 Å². The summed E-state index contributed by atoms with van der Waals surface area (Å²) in [5, 5.41) is 0.823. The van der Waals surface area contributed by atoms with E-state index in [0.29, 0.717) is 6.54 Å². The largest absolute Gasteiger partial charge is 0.282 e. The van der Waals surface area contributed by atoms with E-state index >= 15 is 0 Å². The Hall–Kier alpha value is -1.98. The lowest BCUT2D eigenvalue weighted by Gasteiger charge is -2.14. The lowest BCUT2D eigenvalue weighted by atomic mass is 10.1. The number of fused-ring (bicyclic) bond motifs is 1. The topological polar surface area (TPSA) is 34.9 Å². The van der Waals surface area contributed by atoms with Crippen LogP contribution in [-0.2, 0) is 18.7 Å². The first-order valence-electron chi connectivity index (χ1n) is 8.70. The molecule has 26 heavy (non-hydrogen) atoms. The summed E-state index contributed by atoms with van der Waals surface area (Å²) in [6, 6.07) is 18.5. The van der Waals surface area contributed by atoms with Gasteiger partial charge in [-0.2, -0.15) is 0 Å². The Morgan fingerprint density at radius 1 is 1.12 bits per heavy atom. The van der Waals surface area contributed by atoms with Gasteiger partial charge in [0.25, 0.3) is 5.56 Å². The second-order valence-corrected chi connectivity index (χ2v) is 8.41. The summed E-state index contributed by atoms with van der Waals surface area (Å²) >= 11 is 3.30. The van der Waals surface area contributed by atoms with Crippen molar-refractivity contribution in [2.45, 2.75) is 35.7 Å². The smallest absolute Gasteiger partial charge is 0.268 e. The van der Waals surface area contributed by atoms with E-state index in [1.54, 1.807) is 23.5 Å². The molecule has 1 aliphatic rings. The lowest BCUT2D eigenvalue weighted by molar-refractivity contribution is 0.616. The first-order chi connectivity index (χ1) is 12.7. The minimum absolute atomic E-state index is 0.105. The molecule has 0 radical (unpaired) electrons. The van der Waals surface area contributed by atoms with Gasteiger partial charge in [0.15, 0.2) is 5.16 Å². The van der Waals surface area contributed by atoms with Crippen LogP contribution in [0, 0.1) is 6.92 Å². The van der Waals surface area contributed by atoms with E-state index in [1.807, 2.05) is 22.8 Å². The fourth-order valence-corrected chi connectivity index (χ4v) is 5.19. The van der Waals surface area contributed by atoms with E-state index in [-0.39, 0.29) is 5.56 Å². The normalized spacial score (nSPS) is 13.0. The van der Waals surface area contributed by atoms with Crippen molar-refractivity contribution in [3.63, 3.8) is 0 Å². The van der Waals surface area contributed by atoms with Crippen molar-refractivity contribution < 1.29 is 0 Å². The number of nitrogens with zero attached hydrogens (tertiary/aromatic N) is 2. The average Bonchev–Trinajstić information content (AvgIpc) is 3.13. The minimum atomic E-state index is 0.105. The first kappa shape index (κ1) is 17.4. The highest BCUT2D eigenvalue weighted by Gasteiger charge is 2.22. The zero-order valence-electron chi connectivity index (χ0n) is 14.6. The van der Waals surface area contributed by atoms with E-state index < -0.39 is 0 Å². The summed E-state index contributed by atoms with van der Waals surface area (Å²) in [6.45, 7) is 2.69. The molecule has 2 aromatic carbocycles. The maximum atomic E-state index is 13.1. The van der Waals surface area contributed by atoms with Crippen LogP contribution < -0.4 is 5.56 Å². The van der Waals surface area contributed by atoms with Crippen molar-refractivity contribution >= 4 is 23.5 Å². The summed E-state index contributed by atoms with van der Waals surface area (Å²) in [5.74, 6) is 1.77. The summed E-state index contributed by atoms with van der Waals surface area (Å²) in [7, 11) is 0. The molecule has 3 aromatic rings. The second kappa shape index (κ2) is 7.72. The third kappa shape index (κ3) is 3.60. The van der Waals surface area contributed by atoms with E-state index in [9.17, 15) is 4.79 Å². The lowest BCUT2D eigenvalue weighted by Crippen LogP contribution is -2.25. The van der Waals surface area contributed by atoms with Crippen molar-refractivity contribution in [1.82, 2.24) is 9.55 Å². The van der Waals surface area contributed by atoms with Crippen LogP contribution in [0.4, 0.5) is 0 Å². The molecular formula is C21H20N2OS2. The Kier molecular flexibility index (Phi) is 5.18. The van der Waals surface area contributed by atoms with Crippen LogP contribution in [0.15, 0.2) is 69.4 Å². The molecule has 0 spiro atoms. The predicted molar refractivity (Wildman–Crippen MR) is 109 cm³/mol. The van der Waals surface area contributed by atoms with Crippen LogP contribution in [-0.4, -0.2) is 15.3 Å². The quantitative estimate of drug-likeness (QED) is 0.481. The summed E-state index contributed by atoms with van der Waals surface area (Å²) < 4.78 is 1.84. The van der Waals surface area contributed by atoms with Gasteiger partial charge >= 0.3 is 0 Å². The zero-order valence-corrected chi connectivity index (χ0v) is 16.3. The average molecular weight is 381 g/mol. The molecule has 0 aliphatic carbocycles. The maximum Gasteiger partial charge on any atom is 0.268 e. The van der Waals surface area contributed by atoms with Gasteiger partial charge in [0.1, 0.15) is 0 Å². The molecule has 132 valence electrons. The van der Waals surface area contributed by atoms with Crippen LogP contribution in [0.5, 0.6) is 0 Å². The molecule has 0 N–H and O–H groups in total. The number of hydrogen-bond acceptors (Lipinski definition) is 4. The van der Waals surface area contributed by atoms with Gasteiger partial charge in [-0.15, -0.1) is 11.8 Å². The molecule has 0 bridgehead atoms. The number of hydrogen-bond donors (Lipinski definition) is 0. The molecule has 0 unspecified atom stereocenters. The molecule has 5 heteroatoms. The molecule has 0 amide bonds. The van der Waals surface area contributed by atoms with Crippen LogP contribution in [0.3, 0.4) is 0 Å². The van der Waals surface area contributed by atoms with E-state index in [2.05, 4.69) is 43.3 Å². The number of thioether (sulfide) groups is 2. The second-order valence-electron chi connectivity index (χ2n) is 6.36. The first-order valence-corrected chi connectivity index (χ1v) is 10.7. The molecule has 0 saturated heterocycles. The van der Waals surface area contributed by atoms with Gasteiger partial charge in [-0.3, -0.25) is 9.36 Å². The van der Waals surface area contributed by atoms with Crippen LogP contribution in [0.25, 0.3) is 0 Å². The van der Waals surface area contributed by atoms with Gasteiger partial charge in [0.05, 0.1) is 17.1 Å². The highest BCUT2D eigenvalue weighted by molar-refractivity contribution is 7.99. The number of rotatable bonds is 5. The molecule has 0 fully saturated rings. The Morgan fingerprint density at radius 2 is 1.88 bits per heavy atom. The van der Waals surface area contributed by atoms with E-state index in [1.165, 1.54) is 11.1 Å². The molecule has 4 rings (SSSR count). The number of aromatic nitrogens is 2. The summed E-state index contributed by atoms with van der Waals surface area (Å²) in [6.07, 6.45) is 0.888. The van der Waals surface area contributed by atoms with Gasteiger partial charge in [0, 0.05) is 17.9 Å². The molecular weight excluding hydrogens is 360 g/mol. The highest BCUT2D eigenvalue weighted by Crippen LogP contribution is 2.30. The molecule has 1 aliphatic heterocycles. The Morgan fingerprint density at radius 3 is 2.69 bits per heavy atom. The van der Waals surface area contributed by atoms with Crippen molar-refractivity contribution in [1.29, 1.82) is 0 Å². The highest BCUT2D eigenvalue weighted by atomic mass is 32.2. The fraction of sp³-hybridized carbons (Fsp3) is 0.238. The summed E-state index contributed by atoms with van der Waals surface area (Å²) in [4.78, 5) is 18.7. The SMILES string of the molecule is Cc1ccccc1CSc1nc2c(c(=O)n1Cc1ccccc1)SCC2. The summed E-state index contributed by atoms with van der Waals surface area (Å²) in [5.41, 5.74) is 4.75. The van der Waals surface area contributed by atoms with Crippen LogP contribution >= 0.6 is 23.5 Å². The van der Waals surface area contributed by atoms with Crippen LogP contribution in [0.2, 0.25) is 0 Å². The van der Waals surface area contributed by atoms with Crippen molar-refractivity contribution in [3.8, 4) is 0 Å². The molecule has 0 saturated carbocycles. The zero-order chi connectivity index (χ0) is 17.9. The predicted octanol–water partition coefficient (Wildman–Crippen LogP) is 4.54. The van der Waals surface area contributed by atoms with Crippen molar-refractivity contribution in [2.24, 2.45) is 0 Å². The Bertz CT molecular complexity index is 983. The van der Waals surface area contributed by atoms with E-state index in [0.717, 1.165) is 39.2 Å². The Balaban J connectivity index is 1.69. The molecule has 2 heterocycles. The van der Waals surface area contributed by atoms with E-state index in [4.69, 9.17) is 4.98 Å². The number of aryl methyl sites for hydroxylation is 2. The number of benzene rings is 2. The van der Waals surface area contributed by atoms with Gasteiger partial charge in [0.2, 0.25) is 0 Å². The fourth-order valence-electron chi connectivity index (χ4n) is 3.05. The van der Waals surface area contributed by atoms with Crippen molar-refractivity contribution in [2.75, 3.05) is 5.75 Å². The van der Waals surface area contributed by atoms with Gasteiger partial charge in [-0.1, -0.05) is 66.4 Å². The monoisotopic (exact) mass is 380 g/mol. The van der Waals surface area contributed by atoms with Crippen molar-refractivity contribution in [3.05, 3.63) is 87.3 Å². The molecule has 3 nitrogen and oxygen atoms in total. The van der Waals surface area contributed by atoms with Gasteiger partial charge in [-0.25, -0.2) is 4.98 Å². The standard InChI is InChI=1S/C21H20N2OS2/c1-15-7-5-6-10-17(15)14-26-21-22-18-11-12-25-19(18)20(24)23(21)13-16-8-3-2-4-9-16/h2-10H,11-14H2,1H3. The van der Waals surface area contributed by atoms with Gasteiger partial charge < -0.3 is 0 Å².